The molecule has 1 aromatic rings. The number of amidine groups is 2. The first kappa shape index (κ1) is 14.4. The maximum Gasteiger partial charge on any atom is 0.139 e. The summed E-state index contributed by atoms with van der Waals surface area (Å²) < 4.78 is 6.68. The van der Waals surface area contributed by atoms with Crippen LogP contribution >= 0.6 is 15.9 Å². The lowest BCUT2D eigenvalue weighted by Crippen LogP contribution is -2.55. The molecule has 0 unspecified atom stereocenters. The van der Waals surface area contributed by atoms with E-state index in [9.17, 15) is 0 Å². The minimum Gasteiger partial charge on any atom is -0.492 e. The van der Waals surface area contributed by atoms with Gasteiger partial charge in [-0.3, -0.25) is 15.7 Å². The molecule has 6 heteroatoms. The van der Waals surface area contributed by atoms with Gasteiger partial charge in [0, 0.05) is 12.0 Å². The summed E-state index contributed by atoms with van der Waals surface area (Å²) in [6.45, 7) is 8.32. The third kappa shape index (κ3) is 1.88. The second kappa shape index (κ2) is 4.47. The number of anilines is 2. The Hall–Kier alpha value is -1.56. The first-order chi connectivity index (χ1) is 9.75. The molecule has 0 radical (unpaired) electrons. The SMILES string of the molecule is CC(=N)N1C(=N)C(C)(C)Nc2c3c(c(Br)c(C)c21)OCC3. The molecule has 0 fully saturated rings. The number of ether oxygens (including phenoxy) is 1. The molecule has 0 atom stereocenters. The monoisotopic (exact) mass is 350 g/mol. The Morgan fingerprint density at radius 1 is 1.43 bits per heavy atom. The fourth-order valence-electron chi connectivity index (χ4n) is 3.01. The van der Waals surface area contributed by atoms with Gasteiger partial charge in [0.2, 0.25) is 0 Å². The summed E-state index contributed by atoms with van der Waals surface area (Å²) in [4.78, 5) is 1.73. The molecule has 0 saturated carbocycles. The van der Waals surface area contributed by atoms with Crippen molar-refractivity contribution in [2.24, 2.45) is 0 Å². The number of halogens is 1. The number of hydrogen-bond donors (Lipinski definition) is 3. The van der Waals surface area contributed by atoms with Crippen LogP contribution in [-0.2, 0) is 6.42 Å². The third-order valence-corrected chi connectivity index (χ3v) is 5.06. The number of nitrogens with zero attached hydrogens (tertiary/aromatic N) is 1. The minimum absolute atomic E-state index is 0.352. The van der Waals surface area contributed by atoms with Gasteiger partial charge in [-0.2, -0.15) is 0 Å². The average molecular weight is 351 g/mol. The van der Waals surface area contributed by atoms with Crippen molar-refractivity contribution in [2.45, 2.75) is 39.7 Å². The molecule has 2 heterocycles. The summed E-state index contributed by atoms with van der Waals surface area (Å²) >= 11 is 3.61. The highest BCUT2D eigenvalue weighted by atomic mass is 79.9. The lowest BCUT2D eigenvalue weighted by Gasteiger charge is -2.43. The van der Waals surface area contributed by atoms with Gasteiger partial charge in [0.15, 0.2) is 0 Å². The van der Waals surface area contributed by atoms with E-state index in [1.54, 1.807) is 11.8 Å². The highest BCUT2D eigenvalue weighted by Gasteiger charge is 2.41. The zero-order chi connectivity index (χ0) is 15.5. The van der Waals surface area contributed by atoms with Crippen LogP contribution in [0.3, 0.4) is 0 Å². The van der Waals surface area contributed by atoms with Crippen LogP contribution in [-0.4, -0.2) is 23.8 Å². The van der Waals surface area contributed by atoms with Crippen LogP contribution in [0.4, 0.5) is 11.4 Å². The minimum atomic E-state index is -0.522. The van der Waals surface area contributed by atoms with Crippen LogP contribution in [0.1, 0.15) is 31.9 Å². The molecule has 3 rings (SSSR count). The second-order valence-electron chi connectivity index (χ2n) is 6.09. The van der Waals surface area contributed by atoms with E-state index < -0.39 is 5.54 Å². The average Bonchev–Trinajstić information content (AvgIpc) is 2.87. The van der Waals surface area contributed by atoms with Gasteiger partial charge in [-0.25, -0.2) is 0 Å². The Balaban J connectivity index is 2.36. The summed E-state index contributed by atoms with van der Waals surface area (Å²) in [6.07, 6.45) is 0.845. The number of fused-ring (bicyclic) bond motifs is 3. The molecule has 0 amide bonds. The van der Waals surface area contributed by atoms with Gasteiger partial charge in [0.05, 0.1) is 28.0 Å². The molecule has 0 aromatic heterocycles. The maximum absolute atomic E-state index is 8.45. The molecule has 1 aromatic carbocycles. The van der Waals surface area contributed by atoms with Gasteiger partial charge in [-0.05, 0) is 49.2 Å². The molecule has 3 N–H and O–H groups in total. The molecule has 2 aliphatic heterocycles. The van der Waals surface area contributed by atoms with Crippen molar-refractivity contribution in [1.82, 2.24) is 0 Å². The topological polar surface area (TPSA) is 72.2 Å². The van der Waals surface area contributed by atoms with Gasteiger partial charge in [-0.15, -0.1) is 0 Å². The molecule has 112 valence electrons. The van der Waals surface area contributed by atoms with E-state index in [1.807, 2.05) is 20.8 Å². The molecule has 0 saturated heterocycles. The van der Waals surface area contributed by atoms with Crippen molar-refractivity contribution in [3.8, 4) is 5.75 Å². The van der Waals surface area contributed by atoms with Crippen molar-refractivity contribution < 1.29 is 4.74 Å². The molecular weight excluding hydrogens is 332 g/mol. The van der Waals surface area contributed by atoms with Gasteiger partial charge in [-0.1, -0.05) is 0 Å². The van der Waals surface area contributed by atoms with Crippen LogP contribution in [0.25, 0.3) is 0 Å². The van der Waals surface area contributed by atoms with Crippen LogP contribution in [0.15, 0.2) is 4.47 Å². The summed E-state index contributed by atoms with van der Waals surface area (Å²) in [7, 11) is 0. The molecule has 0 spiro atoms. The highest BCUT2D eigenvalue weighted by molar-refractivity contribution is 9.10. The van der Waals surface area contributed by atoms with Crippen molar-refractivity contribution in [3.05, 3.63) is 15.6 Å². The summed E-state index contributed by atoms with van der Waals surface area (Å²) in [6, 6.07) is 0. The van der Waals surface area contributed by atoms with E-state index >= 15 is 0 Å². The van der Waals surface area contributed by atoms with E-state index in [-0.39, 0.29) is 0 Å². The van der Waals surface area contributed by atoms with Crippen LogP contribution < -0.4 is 15.0 Å². The summed E-state index contributed by atoms with van der Waals surface area (Å²) in [5.41, 5.74) is 3.49. The number of nitrogens with one attached hydrogen (secondary N) is 3. The summed E-state index contributed by atoms with van der Waals surface area (Å²) in [5.74, 6) is 1.63. The van der Waals surface area contributed by atoms with E-state index in [0.29, 0.717) is 18.3 Å². The molecule has 0 aliphatic carbocycles. The fourth-order valence-corrected chi connectivity index (χ4v) is 3.55. The molecule has 5 nitrogen and oxygen atoms in total. The first-order valence-corrected chi connectivity index (χ1v) is 7.75. The van der Waals surface area contributed by atoms with Crippen molar-refractivity contribution in [1.29, 1.82) is 10.8 Å². The maximum atomic E-state index is 8.45. The fraction of sp³-hybridized carbons (Fsp3) is 0.467. The van der Waals surface area contributed by atoms with E-state index in [1.165, 1.54) is 0 Å². The quantitative estimate of drug-likeness (QED) is 0.493. The lowest BCUT2D eigenvalue weighted by atomic mass is 9.92. The predicted molar refractivity (Wildman–Crippen MR) is 89.4 cm³/mol. The predicted octanol–water partition coefficient (Wildman–Crippen LogP) is 3.68. The Labute approximate surface area is 132 Å². The largest absolute Gasteiger partial charge is 0.492 e. The smallest absolute Gasteiger partial charge is 0.139 e. The molecule has 2 aliphatic rings. The zero-order valence-corrected chi connectivity index (χ0v) is 14.2. The highest BCUT2D eigenvalue weighted by Crippen LogP contribution is 2.50. The molecule has 0 bridgehead atoms. The van der Waals surface area contributed by atoms with E-state index in [2.05, 4.69) is 21.2 Å². The molecule has 21 heavy (non-hydrogen) atoms. The van der Waals surface area contributed by atoms with Gasteiger partial charge in [0.25, 0.3) is 0 Å². The van der Waals surface area contributed by atoms with Gasteiger partial charge < -0.3 is 10.1 Å². The van der Waals surface area contributed by atoms with Gasteiger partial charge in [0.1, 0.15) is 17.4 Å². The Morgan fingerprint density at radius 2 is 2.10 bits per heavy atom. The standard InChI is InChI=1S/C15H19BrN4O/c1-7-10(16)13-9(5-6-21-13)11-12(7)20(8(2)17)14(18)15(3,4)19-11/h17-19H,5-6H2,1-4H3. The normalized spacial score (nSPS) is 18.7. The summed E-state index contributed by atoms with van der Waals surface area (Å²) in [5, 5.41) is 20.0. The van der Waals surface area contributed by atoms with Gasteiger partial charge >= 0.3 is 0 Å². The Morgan fingerprint density at radius 3 is 2.71 bits per heavy atom. The van der Waals surface area contributed by atoms with Crippen LogP contribution in [0.2, 0.25) is 0 Å². The number of rotatable bonds is 0. The van der Waals surface area contributed by atoms with Crippen molar-refractivity contribution in [2.75, 3.05) is 16.8 Å². The van der Waals surface area contributed by atoms with E-state index in [0.717, 1.165) is 39.1 Å². The first-order valence-electron chi connectivity index (χ1n) is 6.96. The van der Waals surface area contributed by atoms with Crippen molar-refractivity contribution >= 4 is 39.0 Å². The second-order valence-corrected chi connectivity index (χ2v) is 6.88. The lowest BCUT2D eigenvalue weighted by molar-refractivity contribution is 0.354. The zero-order valence-electron chi connectivity index (χ0n) is 12.6. The van der Waals surface area contributed by atoms with Crippen molar-refractivity contribution in [3.63, 3.8) is 0 Å². The number of hydrogen-bond acceptors (Lipinski definition) is 4. The molecular formula is C15H19BrN4O. The Kier molecular flexibility index (Phi) is 3.06. The van der Waals surface area contributed by atoms with E-state index in [4.69, 9.17) is 15.6 Å². The Bertz CT molecular complexity index is 681. The van der Waals surface area contributed by atoms with Crippen LogP contribution in [0, 0.1) is 17.7 Å². The number of benzene rings is 1. The third-order valence-electron chi connectivity index (χ3n) is 4.11. The van der Waals surface area contributed by atoms with Crippen LogP contribution in [0.5, 0.6) is 5.75 Å².